The number of aryl methyl sites for hydroxylation is 1. The van der Waals surface area contributed by atoms with E-state index in [-0.39, 0.29) is 18.2 Å². The second-order valence-corrected chi connectivity index (χ2v) is 4.75. The number of carbonyl (C=O) groups excluding carboxylic acids is 3. The number of carbonyl (C=O) groups is 3. The molecule has 1 heterocycles. The Kier molecular flexibility index (Phi) is 3.64. The smallest absolute Gasteiger partial charge is 0.254 e. The van der Waals surface area contributed by atoms with E-state index >= 15 is 0 Å². The van der Waals surface area contributed by atoms with E-state index in [0.29, 0.717) is 12.0 Å². The summed E-state index contributed by atoms with van der Waals surface area (Å²) in [6, 6.07) is 6.64. The predicted molar refractivity (Wildman–Crippen MR) is 69.4 cm³/mol. The number of rotatable bonds is 2. The van der Waals surface area contributed by atoms with Crippen LogP contribution in [-0.2, 0) is 9.59 Å². The van der Waals surface area contributed by atoms with Crippen LogP contribution in [0, 0.1) is 6.92 Å². The summed E-state index contributed by atoms with van der Waals surface area (Å²) >= 11 is 0. The highest BCUT2D eigenvalue weighted by Gasteiger charge is 2.32. The van der Waals surface area contributed by atoms with E-state index in [0.717, 1.165) is 5.56 Å². The quantitative estimate of drug-likeness (QED) is 0.802. The van der Waals surface area contributed by atoms with Crippen molar-refractivity contribution in [3.8, 4) is 0 Å². The Bertz CT molecular complexity index is 539. The topological polar surface area (TPSA) is 66.5 Å². The van der Waals surface area contributed by atoms with E-state index in [9.17, 15) is 14.4 Å². The maximum atomic E-state index is 12.3. The van der Waals surface area contributed by atoms with Gasteiger partial charge in [0.1, 0.15) is 6.04 Å². The van der Waals surface area contributed by atoms with Crippen LogP contribution in [-0.4, -0.2) is 35.7 Å². The second-order valence-electron chi connectivity index (χ2n) is 4.75. The van der Waals surface area contributed by atoms with Gasteiger partial charge in [-0.05, 0) is 25.5 Å². The summed E-state index contributed by atoms with van der Waals surface area (Å²) in [4.78, 5) is 36.5. The number of hydrogen-bond acceptors (Lipinski definition) is 3. The second kappa shape index (κ2) is 5.22. The number of nitrogens with zero attached hydrogens (tertiary/aromatic N) is 1. The normalized spacial score (nSPS) is 18.9. The van der Waals surface area contributed by atoms with Crippen LogP contribution in [0.15, 0.2) is 24.3 Å². The number of imide groups is 1. The SMILES string of the molecule is Cc1cccc(C(=O)N(C)C2CCC(=O)NC2=O)c1. The molecule has 1 aromatic rings. The first kappa shape index (κ1) is 13.3. The molecule has 2 rings (SSSR count). The minimum Gasteiger partial charge on any atom is -0.330 e. The molecule has 1 fully saturated rings. The van der Waals surface area contributed by atoms with Crippen LogP contribution in [0.2, 0.25) is 0 Å². The van der Waals surface area contributed by atoms with E-state index in [4.69, 9.17) is 0 Å². The molecular weight excluding hydrogens is 244 g/mol. The van der Waals surface area contributed by atoms with E-state index in [2.05, 4.69) is 5.32 Å². The van der Waals surface area contributed by atoms with Gasteiger partial charge in [-0.15, -0.1) is 0 Å². The fourth-order valence-electron chi connectivity index (χ4n) is 2.17. The van der Waals surface area contributed by atoms with Gasteiger partial charge < -0.3 is 4.90 Å². The highest BCUT2D eigenvalue weighted by atomic mass is 16.2. The van der Waals surface area contributed by atoms with Gasteiger partial charge >= 0.3 is 0 Å². The zero-order chi connectivity index (χ0) is 14.0. The molecule has 1 aromatic carbocycles. The molecule has 1 aliphatic heterocycles. The molecule has 5 heteroatoms. The number of nitrogens with one attached hydrogen (secondary N) is 1. The molecule has 1 saturated heterocycles. The average Bonchev–Trinajstić information content (AvgIpc) is 2.37. The minimum atomic E-state index is -0.578. The Morgan fingerprint density at radius 1 is 1.37 bits per heavy atom. The zero-order valence-corrected chi connectivity index (χ0v) is 11.0. The van der Waals surface area contributed by atoms with Gasteiger partial charge in [0.2, 0.25) is 11.8 Å². The first-order chi connectivity index (χ1) is 8.99. The molecule has 1 aliphatic rings. The van der Waals surface area contributed by atoms with Crippen LogP contribution in [0.25, 0.3) is 0 Å². The summed E-state index contributed by atoms with van der Waals surface area (Å²) in [6.07, 6.45) is 0.639. The largest absolute Gasteiger partial charge is 0.330 e. The van der Waals surface area contributed by atoms with Crippen molar-refractivity contribution in [3.05, 3.63) is 35.4 Å². The summed E-state index contributed by atoms with van der Waals surface area (Å²) < 4.78 is 0. The highest BCUT2D eigenvalue weighted by Crippen LogP contribution is 2.14. The van der Waals surface area contributed by atoms with Crippen molar-refractivity contribution < 1.29 is 14.4 Å². The first-order valence-electron chi connectivity index (χ1n) is 6.16. The van der Waals surface area contributed by atoms with E-state index in [1.54, 1.807) is 25.2 Å². The van der Waals surface area contributed by atoms with E-state index in [1.807, 2.05) is 13.0 Å². The molecule has 0 spiro atoms. The summed E-state index contributed by atoms with van der Waals surface area (Å²) in [5, 5.41) is 2.26. The van der Waals surface area contributed by atoms with Gasteiger partial charge in [-0.3, -0.25) is 19.7 Å². The van der Waals surface area contributed by atoms with Crippen LogP contribution in [0.3, 0.4) is 0 Å². The van der Waals surface area contributed by atoms with Gasteiger partial charge in [0.15, 0.2) is 0 Å². The fraction of sp³-hybridized carbons (Fsp3) is 0.357. The van der Waals surface area contributed by atoms with Gasteiger partial charge in [-0.1, -0.05) is 17.7 Å². The lowest BCUT2D eigenvalue weighted by Crippen LogP contribution is -2.52. The van der Waals surface area contributed by atoms with Crippen molar-refractivity contribution in [2.75, 3.05) is 7.05 Å². The van der Waals surface area contributed by atoms with Crippen LogP contribution >= 0.6 is 0 Å². The Morgan fingerprint density at radius 2 is 2.11 bits per heavy atom. The van der Waals surface area contributed by atoms with E-state index < -0.39 is 11.9 Å². The third-order valence-corrected chi connectivity index (χ3v) is 3.26. The first-order valence-corrected chi connectivity index (χ1v) is 6.16. The number of piperidine rings is 1. The van der Waals surface area contributed by atoms with Crippen molar-refractivity contribution in [3.63, 3.8) is 0 Å². The molecule has 0 radical (unpaired) electrons. The fourth-order valence-corrected chi connectivity index (χ4v) is 2.17. The van der Waals surface area contributed by atoms with Crippen molar-refractivity contribution in [1.29, 1.82) is 0 Å². The monoisotopic (exact) mass is 260 g/mol. The van der Waals surface area contributed by atoms with Crippen LogP contribution in [0.5, 0.6) is 0 Å². The zero-order valence-electron chi connectivity index (χ0n) is 11.0. The number of hydrogen-bond donors (Lipinski definition) is 1. The lowest BCUT2D eigenvalue weighted by molar-refractivity contribution is -0.136. The van der Waals surface area contributed by atoms with Gasteiger partial charge in [0, 0.05) is 19.0 Å². The van der Waals surface area contributed by atoms with Crippen LogP contribution in [0.4, 0.5) is 0 Å². The summed E-state index contributed by atoms with van der Waals surface area (Å²) in [7, 11) is 1.59. The van der Waals surface area contributed by atoms with Gasteiger partial charge in [-0.25, -0.2) is 0 Å². The number of benzene rings is 1. The molecule has 1 unspecified atom stereocenters. The molecule has 100 valence electrons. The highest BCUT2D eigenvalue weighted by molar-refractivity contribution is 6.03. The number of likely N-dealkylation sites (N-methyl/N-ethyl adjacent to an activating group) is 1. The molecule has 3 amide bonds. The third kappa shape index (κ3) is 2.81. The molecule has 19 heavy (non-hydrogen) atoms. The minimum absolute atomic E-state index is 0.210. The molecule has 0 bridgehead atoms. The van der Waals surface area contributed by atoms with Crippen molar-refractivity contribution in [2.45, 2.75) is 25.8 Å². The van der Waals surface area contributed by atoms with Gasteiger partial charge in [-0.2, -0.15) is 0 Å². The standard InChI is InChI=1S/C14H16N2O3/c1-9-4-3-5-10(8-9)14(19)16(2)11-6-7-12(17)15-13(11)18/h3-5,8,11H,6-7H2,1-2H3,(H,15,17,18). The van der Waals surface area contributed by atoms with E-state index in [1.165, 1.54) is 4.90 Å². The molecule has 5 nitrogen and oxygen atoms in total. The van der Waals surface area contributed by atoms with Gasteiger partial charge in [0.25, 0.3) is 5.91 Å². The summed E-state index contributed by atoms with van der Waals surface area (Å²) in [5.41, 5.74) is 1.54. The Hall–Kier alpha value is -2.17. The van der Waals surface area contributed by atoms with Crippen LogP contribution < -0.4 is 5.32 Å². The predicted octanol–water partition coefficient (Wildman–Crippen LogP) is 0.872. The number of amides is 3. The Morgan fingerprint density at radius 3 is 2.74 bits per heavy atom. The maximum absolute atomic E-state index is 12.3. The molecule has 0 aromatic heterocycles. The van der Waals surface area contributed by atoms with Crippen molar-refractivity contribution in [1.82, 2.24) is 10.2 Å². The van der Waals surface area contributed by atoms with Crippen LogP contribution in [0.1, 0.15) is 28.8 Å². The molecule has 1 N–H and O–H groups in total. The van der Waals surface area contributed by atoms with Crippen molar-refractivity contribution in [2.24, 2.45) is 0 Å². The van der Waals surface area contributed by atoms with Gasteiger partial charge in [0.05, 0.1) is 0 Å². The lowest BCUT2D eigenvalue weighted by atomic mass is 10.0. The Labute approximate surface area is 111 Å². The molecular formula is C14H16N2O3. The Balaban J connectivity index is 2.15. The lowest BCUT2D eigenvalue weighted by Gasteiger charge is -2.29. The van der Waals surface area contributed by atoms with Crippen molar-refractivity contribution >= 4 is 17.7 Å². The summed E-state index contributed by atoms with van der Waals surface area (Å²) in [5.74, 6) is -0.893. The molecule has 1 atom stereocenters. The molecule has 0 saturated carbocycles. The maximum Gasteiger partial charge on any atom is 0.254 e. The molecule has 0 aliphatic carbocycles. The third-order valence-electron chi connectivity index (χ3n) is 3.26. The average molecular weight is 260 g/mol. The summed E-state index contributed by atoms with van der Waals surface area (Å²) in [6.45, 7) is 1.91.